The van der Waals surface area contributed by atoms with Crippen LogP contribution in [0.2, 0.25) is 0 Å². The van der Waals surface area contributed by atoms with Crippen LogP contribution < -0.4 is 11.5 Å². The predicted molar refractivity (Wildman–Crippen MR) is 298 cm³/mol. The molecule has 6 aromatic rings. The summed E-state index contributed by atoms with van der Waals surface area (Å²) in [5.41, 5.74) is 18.5. The van der Waals surface area contributed by atoms with Gasteiger partial charge in [0, 0.05) is 98.4 Å². The zero-order valence-corrected chi connectivity index (χ0v) is 46.1. The van der Waals surface area contributed by atoms with Crippen molar-refractivity contribution in [2.24, 2.45) is 0 Å². The molecule has 0 bridgehead atoms. The molecule has 22 heteroatoms. The average Bonchev–Trinajstić information content (AvgIpc) is 4.03. The number of carbonyl (C=O) groups is 4. The number of esters is 1. The fourth-order valence-electron chi connectivity index (χ4n) is 8.45. The van der Waals surface area contributed by atoms with Crippen LogP contribution in [-0.4, -0.2) is 143 Å². The number of hydrogen-bond donors (Lipinski definition) is 6. The molecular weight excluding hydrogens is 1010 g/mol. The van der Waals surface area contributed by atoms with E-state index in [4.69, 9.17) is 20.9 Å². The fraction of sp³-hybridized carbons (Fsp3) is 0.407. The Kier molecular flexibility index (Phi) is 21.2. The van der Waals surface area contributed by atoms with E-state index in [1.807, 2.05) is 69.2 Å². The summed E-state index contributed by atoms with van der Waals surface area (Å²) in [6, 6.07) is 9.68. The first-order chi connectivity index (χ1) is 36.4. The van der Waals surface area contributed by atoms with Crippen molar-refractivity contribution in [3.05, 3.63) is 116 Å². The van der Waals surface area contributed by atoms with Gasteiger partial charge < -0.3 is 50.9 Å². The number of nitrogen functional groups attached to an aromatic ring is 2. The summed E-state index contributed by atoms with van der Waals surface area (Å²) in [7, 11) is 6.49. The van der Waals surface area contributed by atoms with Gasteiger partial charge in [-0.25, -0.2) is 19.9 Å². The summed E-state index contributed by atoms with van der Waals surface area (Å²) in [4.78, 5) is 84.6. The van der Waals surface area contributed by atoms with Gasteiger partial charge in [0.15, 0.2) is 5.78 Å². The van der Waals surface area contributed by atoms with Gasteiger partial charge in [0.2, 0.25) is 12.8 Å². The van der Waals surface area contributed by atoms with Crippen LogP contribution in [0.5, 0.6) is 11.5 Å². The maximum atomic E-state index is 13.5. The Balaban J connectivity index is 1.14. The number of Topliss-reactive ketones (excluding diaryl/α,β-unsaturated/α-hetero) is 1. The number of rotatable bonds is 30. The minimum absolute atomic E-state index is 0.0755. The third-order valence-corrected chi connectivity index (χ3v) is 16.3. The molecule has 0 spiro atoms. The van der Waals surface area contributed by atoms with Crippen LogP contribution in [0.25, 0.3) is 21.8 Å². The molecular formula is C54H70N12O8S2. The number of nitrogens with zero attached hydrogens (tertiary/aromatic N) is 8. The maximum absolute atomic E-state index is 13.5. The molecule has 6 rings (SSSR count). The summed E-state index contributed by atoms with van der Waals surface area (Å²) in [6.45, 7) is 12.1. The number of carbonyl (C=O) groups excluding carboxylic acids is 4. The lowest BCUT2D eigenvalue weighted by molar-refractivity contribution is -0.149. The van der Waals surface area contributed by atoms with Crippen LogP contribution in [0.15, 0.2) is 82.4 Å². The number of hydrogen-bond acceptors (Lipinski definition) is 18. The van der Waals surface area contributed by atoms with Crippen molar-refractivity contribution in [3.63, 3.8) is 0 Å². The Morgan fingerprint density at radius 2 is 1.26 bits per heavy atom. The molecule has 20 nitrogen and oxygen atoms in total. The zero-order chi connectivity index (χ0) is 55.1. The van der Waals surface area contributed by atoms with Gasteiger partial charge in [0.1, 0.15) is 47.4 Å². The van der Waals surface area contributed by atoms with Gasteiger partial charge in [-0.3, -0.25) is 29.0 Å². The van der Waals surface area contributed by atoms with E-state index in [1.54, 1.807) is 62.3 Å². The second-order valence-corrected chi connectivity index (χ2v) is 21.1. The molecule has 0 radical (unpaired) electrons. The Morgan fingerprint density at radius 3 is 1.79 bits per heavy atom. The van der Waals surface area contributed by atoms with Crippen molar-refractivity contribution in [1.82, 2.24) is 49.5 Å². The standard InChI is InChI=1S/C54H70N12O8S2/c1-33(63(7)20-17-39-24-59-43-12-9-15-46(69)50(39)43)48(71)30-73-23-19-49(34(2)65(31-67)28-41-26-57-37(5)61-52(41)55)76-75-36(4)45(66(32-68)29-42-27-58-38(6)62-53(42)56)14-11-22-74-54(72)35(3)64(8)21-18-40-25-60-44-13-10-16-47(70)51(40)44/h9-10,12-13,15-16,24-27,31-33,35,59-60,69-70H,11,14,17-23,28-30H2,1-8H3,(H2,55,57,61)(H2,56,58,62)/b45-36-,49-34-. The second-order valence-electron chi connectivity index (χ2n) is 18.7. The number of ketones is 1. The van der Waals surface area contributed by atoms with Crippen molar-refractivity contribution in [3.8, 4) is 11.5 Å². The molecule has 4 aromatic heterocycles. The number of nitrogens with one attached hydrogen (secondary N) is 2. The van der Waals surface area contributed by atoms with Crippen LogP contribution in [-0.2, 0) is 54.6 Å². The van der Waals surface area contributed by atoms with Crippen LogP contribution in [0.4, 0.5) is 11.6 Å². The van der Waals surface area contributed by atoms with Crippen molar-refractivity contribution >= 4 is 79.6 Å². The van der Waals surface area contributed by atoms with Crippen molar-refractivity contribution in [2.45, 2.75) is 98.8 Å². The molecule has 2 amide bonds. The van der Waals surface area contributed by atoms with E-state index in [9.17, 15) is 29.4 Å². The van der Waals surface area contributed by atoms with E-state index >= 15 is 0 Å². The summed E-state index contributed by atoms with van der Waals surface area (Å²) >= 11 is 0. The van der Waals surface area contributed by atoms with Crippen molar-refractivity contribution in [1.29, 1.82) is 0 Å². The molecule has 76 heavy (non-hydrogen) atoms. The van der Waals surface area contributed by atoms with Crippen molar-refractivity contribution in [2.75, 3.05) is 58.5 Å². The molecule has 4 heterocycles. The molecule has 0 aliphatic heterocycles. The number of aromatic amines is 2. The van der Waals surface area contributed by atoms with Crippen molar-refractivity contribution < 1.29 is 38.9 Å². The Labute approximate surface area is 451 Å². The number of H-pyrrole nitrogens is 2. The molecule has 2 aromatic carbocycles. The molecule has 0 saturated carbocycles. The molecule has 8 N–H and O–H groups in total. The maximum Gasteiger partial charge on any atom is 0.323 e. The third-order valence-electron chi connectivity index (χ3n) is 13.5. The molecule has 0 fully saturated rings. The first kappa shape index (κ1) is 58.3. The zero-order valence-electron chi connectivity index (χ0n) is 44.5. The number of nitrogens with two attached hydrogens (primary N) is 2. The number of amides is 2. The normalized spacial score (nSPS) is 13.2. The first-order valence-electron chi connectivity index (χ1n) is 25.0. The summed E-state index contributed by atoms with van der Waals surface area (Å²) in [5.74, 6) is 1.38. The van der Waals surface area contributed by atoms with E-state index < -0.39 is 18.1 Å². The highest BCUT2D eigenvalue weighted by Crippen LogP contribution is 2.42. The number of likely N-dealkylation sites (N-methyl/N-ethyl adjacent to an activating group) is 2. The number of aromatic hydroxyl groups is 2. The lowest BCUT2D eigenvalue weighted by Gasteiger charge is -2.25. The largest absolute Gasteiger partial charge is 0.507 e. The smallest absolute Gasteiger partial charge is 0.323 e. The lowest BCUT2D eigenvalue weighted by Crippen LogP contribution is -2.39. The highest BCUT2D eigenvalue weighted by atomic mass is 33.1. The number of phenols is 2. The van der Waals surface area contributed by atoms with Gasteiger partial charge in [-0.05, 0) is 117 Å². The van der Waals surface area contributed by atoms with Gasteiger partial charge >= 0.3 is 5.97 Å². The topological polar surface area (TPSA) is 275 Å². The summed E-state index contributed by atoms with van der Waals surface area (Å²) in [6.07, 6.45) is 10.6. The second kappa shape index (κ2) is 27.7. The van der Waals surface area contributed by atoms with Gasteiger partial charge in [-0.1, -0.05) is 33.7 Å². The number of aromatic nitrogens is 6. The Morgan fingerprint density at radius 1 is 0.737 bits per heavy atom. The van der Waals surface area contributed by atoms with E-state index in [2.05, 4.69) is 29.9 Å². The van der Waals surface area contributed by atoms with Crippen LogP contribution >= 0.6 is 21.6 Å². The minimum Gasteiger partial charge on any atom is -0.507 e. The highest BCUT2D eigenvalue weighted by Gasteiger charge is 2.24. The first-order valence-corrected chi connectivity index (χ1v) is 27.1. The Bertz CT molecular complexity index is 3050. The number of aryl methyl sites for hydroxylation is 2. The quantitative estimate of drug-likeness (QED) is 0.0112. The van der Waals surface area contributed by atoms with E-state index in [0.717, 1.165) is 49.2 Å². The minimum atomic E-state index is -0.557. The molecule has 0 saturated heterocycles. The van der Waals surface area contributed by atoms with Gasteiger partial charge in [-0.15, -0.1) is 0 Å². The number of benzene rings is 2. The highest BCUT2D eigenvalue weighted by molar-refractivity contribution is 8.79. The lowest BCUT2D eigenvalue weighted by atomic mass is 10.1. The number of allylic oxidation sites excluding steroid dienone is 3. The number of phenolic OH excluding ortho intramolecular Hbond substituents is 2. The number of ether oxygens (including phenoxy) is 2. The predicted octanol–water partition coefficient (Wildman–Crippen LogP) is 7.31. The number of anilines is 2. The fourth-order valence-corrected chi connectivity index (χ4v) is 11.0. The number of fused-ring (bicyclic) bond motifs is 2. The average molecular weight is 1080 g/mol. The van der Waals surface area contributed by atoms with Gasteiger partial charge in [-0.2, -0.15) is 0 Å². The monoisotopic (exact) mass is 1080 g/mol. The molecule has 2 unspecified atom stereocenters. The molecule has 406 valence electrons. The molecule has 0 aliphatic rings. The SMILES string of the molecule is C/C(SS/C(CCOCC(=O)C(C)N(C)CCc1c[nH]c2cccc(O)c12)=C(/C)N(C=O)Cc1cnc(C)nc1N)=C(\CCCOC(=O)C(C)N(C)CCc1c[nH]c2cccc(O)c12)N(C=O)Cc1cnc(C)nc1N. The third kappa shape index (κ3) is 15.3. The molecule has 2 atom stereocenters. The van der Waals surface area contributed by atoms with Gasteiger partial charge in [0.05, 0.1) is 32.3 Å². The van der Waals surface area contributed by atoms with E-state index in [-0.39, 0.29) is 61.8 Å². The Hall–Kier alpha value is -6.98. The van der Waals surface area contributed by atoms with E-state index in [1.165, 1.54) is 26.5 Å². The van der Waals surface area contributed by atoms with Crippen LogP contribution in [0.1, 0.15) is 80.9 Å². The van der Waals surface area contributed by atoms with Gasteiger partial charge in [0.25, 0.3) is 0 Å². The molecule has 0 aliphatic carbocycles. The summed E-state index contributed by atoms with van der Waals surface area (Å²) < 4.78 is 11.8. The summed E-state index contributed by atoms with van der Waals surface area (Å²) in [5, 5.41) is 22.4. The van der Waals surface area contributed by atoms with Crippen LogP contribution in [0, 0.1) is 13.8 Å². The van der Waals surface area contributed by atoms with E-state index in [0.29, 0.717) is 85.8 Å². The van der Waals surface area contributed by atoms with Crippen LogP contribution in [0.3, 0.4) is 0 Å².